The Labute approximate surface area is 123 Å². The van der Waals surface area contributed by atoms with E-state index in [-0.39, 0.29) is 5.75 Å². The first kappa shape index (κ1) is 13.6. The van der Waals surface area contributed by atoms with E-state index in [0.29, 0.717) is 5.69 Å². The van der Waals surface area contributed by atoms with Crippen molar-refractivity contribution in [2.45, 2.75) is 12.7 Å². The van der Waals surface area contributed by atoms with Crippen LogP contribution in [-0.2, 0) is 15.8 Å². The van der Waals surface area contributed by atoms with Crippen LogP contribution in [0.15, 0.2) is 48.7 Å². The van der Waals surface area contributed by atoms with Gasteiger partial charge in [0, 0.05) is 5.39 Å². The van der Waals surface area contributed by atoms with Crippen molar-refractivity contribution in [3.8, 4) is 0 Å². The second kappa shape index (κ2) is 5.21. The Balaban J connectivity index is 1.82. The average Bonchev–Trinajstić information content (AvgIpc) is 2.84. The molecule has 3 rings (SSSR count). The first-order valence-corrected chi connectivity index (χ1v) is 8.16. The van der Waals surface area contributed by atoms with Crippen LogP contribution in [0.5, 0.6) is 0 Å². The molecule has 0 atom stereocenters. The summed E-state index contributed by atoms with van der Waals surface area (Å²) in [5, 5.41) is 7.67. The van der Waals surface area contributed by atoms with Gasteiger partial charge >= 0.3 is 0 Å². The van der Waals surface area contributed by atoms with Crippen molar-refractivity contribution in [3.63, 3.8) is 0 Å². The number of fused-ring (bicyclic) bond motifs is 1. The molecule has 0 amide bonds. The van der Waals surface area contributed by atoms with E-state index in [0.717, 1.165) is 22.0 Å². The van der Waals surface area contributed by atoms with Gasteiger partial charge < -0.3 is 0 Å². The summed E-state index contributed by atoms with van der Waals surface area (Å²) >= 11 is 0. The summed E-state index contributed by atoms with van der Waals surface area (Å²) in [5.74, 6) is -0.0459. The molecule has 0 saturated carbocycles. The Morgan fingerprint density at radius 2 is 2.05 bits per heavy atom. The first-order chi connectivity index (χ1) is 10.0. The number of benzene rings is 2. The molecule has 21 heavy (non-hydrogen) atoms. The molecule has 0 spiro atoms. The van der Waals surface area contributed by atoms with Crippen molar-refractivity contribution in [2.24, 2.45) is 0 Å². The fourth-order valence-electron chi connectivity index (χ4n) is 2.24. The lowest BCUT2D eigenvalue weighted by Gasteiger charge is -2.08. The van der Waals surface area contributed by atoms with E-state index < -0.39 is 10.0 Å². The Bertz CT molecular complexity index is 885. The molecule has 6 heteroatoms. The zero-order valence-electron chi connectivity index (χ0n) is 11.5. The smallest absolute Gasteiger partial charge is 0.236 e. The third-order valence-corrected chi connectivity index (χ3v) is 4.41. The van der Waals surface area contributed by atoms with E-state index in [2.05, 4.69) is 14.9 Å². The van der Waals surface area contributed by atoms with Gasteiger partial charge in [-0.2, -0.15) is 5.10 Å². The van der Waals surface area contributed by atoms with E-state index in [4.69, 9.17) is 0 Å². The van der Waals surface area contributed by atoms with Gasteiger partial charge in [0.05, 0.1) is 23.2 Å². The van der Waals surface area contributed by atoms with Crippen molar-refractivity contribution in [1.82, 2.24) is 10.2 Å². The molecule has 0 unspecified atom stereocenters. The molecular formula is C15H15N3O2S. The number of H-pyrrole nitrogens is 1. The molecule has 0 aliphatic rings. The van der Waals surface area contributed by atoms with Gasteiger partial charge in [0.2, 0.25) is 10.0 Å². The Hall–Kier alpha value is -2.34. The predicted octanol–water partition coefficient (Wildman–Crippen LogP) is 2.81. The maximum Gasteiger partial charge on any atom is 0.236 e. The van der Waals surface area contributed by atoms with E-state index in [1.165, 1.54) is 0 Å². The fraction of sp³-hybridized carbons (Fsp3) is 0.133. The highest BCUT2D eigenvalue weighted by Crippen LogP contribution is 2.19. The summed E-state index contributed by atoms with van der Waals surface area (Å²) in [7, 11) is -3.44. The quantitative estimate of drug-likeness (QED) is 0.778. The van der Waals surface area contributed by atoms with Crippen LogP contribution in [0, 0.1) is 6.92 Å². The summed E-state index contributed by atoms with van der Waals surface area (Å²) < 4.78 is 27.0. The van der Waals surface area contributed by atoms with Gasteiger partial charge in [-0.25, -0.2) is 8.42 Å². The molecule has 0 aliphatic heterocycles. The van der Waals surface area contributed by atoms with Gasteiger partial charge in [-0.15, -0.1) is 0 Å². The summed E-state index contributed by atoms with van der Waals surface area (Å²) in [6.45, 7) is 1.94. The molecule has 0 aliphatic carbocycles. The third-order valence-electron chi connectivity index (χ3n) is 3.15. The zero-order chi connectivity index (χ0) is 14.9. The van der Waals surface area contributed by atoms with Crippen molar-refractivity contribution in [2.75, 3.05) is 4.72 Å². The Morgan fingerprint density at radius 1 is 1.19 bits per heavy atom. The molecule has 3 aromatic rings. The molecule has 2 aromatic carbocycles. The highest BCUT2D eigenvalue weighted by Gasteiger charge is 2.12. The van der Waals surface area contributed by atoms with Gasteiger partial charge in [0.25, 0.3) is 0 Å². The van der Waals surface area contributed by atoms with E-state index in [1.54, 1.807) is 18.3 Å². The fourth-order valence-corrected chi connectivity index (χ4v) is 3.41. The molecule has 108 valence electrons. The second-order valence-corrected chi connectivity index (χ2v) is 6.74. The normalized spacial score (nSPS) is 11.7. The van der Waals surface area contributed by atoms with Crippen LogP contribution in [-0.4, -0.2) is 18.6 Å². The van der Waals surface area contributed by atoms with Crippen molar-refractivity contribution < 1.29 is 8.42 Å². The topological polar surface area (TPSA) is 74.8 Å². The lowest BCUT2D eigenvalue weighted by atomic mass is 10.2. The molecule has 1 heterocycles. The number of aromatic nitrogens is 2. The maximum atomic E-state index is 12.2. The SMILES string of the molecule is Cc1cccc(CS(=O)(=O)Nc2ccc3cn[nH]c3c2)c1. The number of sulfonamides is 1. The molecule has 5 nitrogen and oxygen atoms in total. The minimum absolute atomic E-state index is 0.0459. The van der Waals surface area contributed by atoms with Crippen LogP contribution in [0.25, 0.3) is 10.9 Å². The highest BCUT2D eigenvalue weighted by molar-refractivity contribution is 7.91. The van der Waals surface area contributed by atoms with Crippen LogP contribution in [0.4, 0.5) is 5.69 Å². The zero-order valence-corrected chi connectivity index (χ0v) is 12.3. The van der Waals surface area contributed by atoms with E-state index >= 15 is 0 Å². The molecule has 0 saturated heterocycles. The Morgan fingerprint density at radius 3 is 2.86 bits per heavy atom. The largest absolute Gasteiger partial charge is 0.283 e. The van der Waals surface area contributed by atoms with Crippen LogP contribution < -0.4 is 4.72 Å². The number of hydrogen-bond donors (Lipinski definition) is 2. The highest BCUT2D eigenvalue weighted by atomic mass is 32.2. The predicted molar refractivity (Wildman–Crippen MR) is 83.5 cm³/mol. The van der Waals surface area contributed by atoms with Crippen LogP contribution in [0.1, 0.15) is 11.1 Å². The molecular weight excluding hydrogens is 286 g/mol. The van der Waals surface area contributed by atoms with Crippen LogP contribution in [0.2, 0.25) is 0 Å². The minimum Gasteiger partial charge on any atom is -0.283 e. The number of hydrogen-bond acceptors (Lipinski definition) is 3. The van der Waals surface area contributed by atoms with Crippen LogP contribution in [0.3, 0.4) is 0 Å². The maximum absolute atomic E-state index is 12.2. The van der Waals surface area contributed by atoms with E-state index in [1.807, 2.05) is 37.3 Å². The second-order valence-electron chi connectivity index (χ2n) is 5.02. The van der Waals surface area contributed by atoms with Crippen LogP contribution >= 0.6 is 0 Å². The lowest BCUT2D eigenvalue weighted by molar-refractivity contribution is 0.600. The summed E-state index contributed by atoms with van der Waals surface area (Å²) in [5.41, 5.74) is 3.14. The number of aromatic amines is 1. The average molecular weight is 301 g/mol. The molecule has 0 radical (unpaired) electrons. The summed E-state index contributed by atoms with van der Waals surface area (Å²) in [6.07, 6.45) is 1.69. The minimum atomic E-state index is -3.44. The first-order valence-electron chi connectivity index (χ1n) is 6.51. The van der Waals surface area contributed by atoms with Gasteiger partial charge in [-0.3, -0.25) is 9.82 Å². The lowest BCUT2D eigenvalue weighted by Crippen LogP contribution is -2.15. The van der Waals surface area contributed by atoms with Gasteiger partial charge in [0.15, 0.2) is 0 Å². The van der Waals surface area contributed by atoms with Gasteiger partial charge in [-0.1, -0.05) is 29.8 Å². The Kier molecular flexibility index (Phi) is 3.39. The molecule has 0 fully saturated rings. The van der Waals surface area contributed by atoms with Gasteiger partial charge in [-0.05, 0) is 30.7 Å². The summed E-state index contributed by atoms with van der Waals surface area (Å²) in [4.78, 5) is 0. The number of nitrogens with zero attached hydrogens (tertiary/aromatic N) is 1. The van der Waals surface area contributed by atoms with Gasteiger partial charge in [0.1, 0.15) is 0 Å². The van der Waals surface area contributed by atoms with Crippen molar-refractivity contribution in [3.05, 3.63) is 59.8 Å². The van der Waals surface area contributed by atoms with E-state index in [9.17, 15) is 8.42 Å². The summed E-state index contributed by atoms with van der Waals surface area (Å²) in [6, 6.07) is 12.8. The van der Waals surface area contributed by atoms with Crippen molar-refractivity contribution >= 4 is 26.6 Å². The monoisotopic (exact) mass is 301 g/mol. The number of anilines is 1. The molecule has 1 aromatic heterocycles. The number of nitrogens with one attached hydrogen (secondary N) is 2. The number of rotatable bonds is 4. The third kappa shape index (κ3) is 3.22. The number of aryl methyl sites for hydroxylation is 1. The molecule has 2 N–H and O–H groups in total. The van der Waals surface area contributed by atoms with Crippen molar-refractivity contribution in [1.29, 1.82) is 0 Å². The standard InChI is InChI=1S/C15H15N3O2S/c1-11-3-2-4-12(7-11)10-21(19,20)18-14-6-5-13-9-16-17-15(13)8-14/h2-9,18H,10H2,1H3,(H,16,17). The molecule has 0 bridgehead atoms.